The number of hydrogen-bond donors (Lipinski definition) is 0. The first kappa shape index (κ1) is 20.7. The SMILES string of the molecule is CCCC(CC)CCC(C)CN(C)c1c(F)c(F)c(F)c(F)c1F. The van der Waals surface area contributed by atoms with Gasteiger partial charge in [0.1, 0.15) is 5.69 Å². The number of rotatable bonds is 9. The Morgan fingerprint density at radius 2 is 1.29 bits per heavy atom. The Morgan fingerprint density at radius 1 is 0.792 bits per heavy atom. The summed E-state index contributed by atoms with van der Waals surface area (Å²) in [5.74, 6) is -8.81. The summed E-state index contributed by atoms with van der Waals surface area (Å²) in [4.78, 5) is 1.11. The lowest BCUT2D eigenvalue weighted by molar-refractivity contribution is 0.368. The van der Waals surface area contributed by atoms with E-state index in [2.05, 4.69) is 13.8 Å². The van der Waals surface area contributed by atoms with Crippen molar-refractivity contribution >= 4 is 5.69 Å². The molecule has 0 saturated carbocycles. The van der Waals surface area contributed by atoms with Crippen LogP contribution in [0.25, 0.3) is 0 Å². The number of hydrogen-bond acceptors (Lipinski definition) is 1. The maximum atomic E-state index is 13.8. The van der Waals surface area contributed by atoms with Crippen LogP contribution in [0, 0.1) is 40.9 Å². The third-order valence-corrected chi connectivity index (χ3v) is 4.50. The Hall–Kier alpha value is -1.33. The Bertz CT molecular complexity index is 518. The number of nitrogens with zero attached hydrogens (tertiary/aromatic N) is 1. The molecule has 2 atom stereocenters. The first-order valence-electron chi connectivity index (χ1n) is 8.46. The van der Waals surface area contributed by atoms with Gasteiger partial charge in [0.15, 0.2) is 23.3 Å². The predicted molar refractivity (Wildman–Crippen MR) is 86.6 cm³/mol. The highest BCUT2D eigenvalue weighted by Gasteiger charge is 2.28. The van der Waals surface area contributed by atoms with Crippen molar-refractivity contribution in [3.63, 3.8) is 0 Å². The van der Waals surface area contributed by atoms with Gasteiger partial charge < -0.3 is 4.90 Å². The summed E-state index contributed by atoms with van der Waals surface area (Å²) in [6.45, 7) is 6.40. The molecule has 0 aliphatic heterocycles. The van der Waals surface area contributed by atoms with Gasteiger partial charge in [-0.2, -0.15) is 0 Å². The zero-order chi connectivity index (χ0) is 18.4. The molecule has 0 aliphatic carbocycles. The van der Waals surface area contributed by atoms with Crippen LogP contribution in [0.3, 0.4) is 0 Å². The van der Waals surface area contributed by atoms with Gasteiger partial charge in [-0.25, -0.2) is 22.0 Å². The van der Waals surface area contributed by atoms with E-state index in [1.165, 1.54) is 7.05 Å². The summed E-state index contributed by atoms with van der Waals surface area (Å²) in [7, 11) is 1.35. The lowest BCUT2D eigenvalue weighted by Gasteiger charge is -2.25. The average molecular weight is 351 g/mol. The molecule has 0 saturated heterocycles. The summed E-state index contributed by atoms with van der Waals surface area (Å²) in [5.41, 5.74) is -0.862. The van der Waals surface area contributed by atoms with Crippen LogP contribution in [0.2, 0.25) is 0 Å². The molecule has 1 aromatic carbocycles. The second-order valence-electron chi connectivity index (χ2n) is 6.54. The van der Waals surface area contributed by atoms with Crippen molar-refractivity contribution in [2.24, 2.45) is 11.8 Å². The molecule has 0 spiro atoms. The standard InChI is InChI=1S/C18H26F5N/c1-5-7-12(6-2)9-8-11(3)10-24(4)18-16(22)14(20)13(19)15(21)17(18)23/h11-12H,5-10H2,1-4H3. The van der Waals surface area contributed by atoms with Crippen molar-refractivity contribution in [2.45, 2.75) is 52.9 Å². The normalized spacial score (nSPS) is 13.9. The largest absolute Gasteiger partial charge is 0.369 e. The van der Waals surface area contributed by atoms with Crippen LogP contribution in [-0.4, -0.2) is 13.6 Å². The fourth-order valence-electron chi connectivity index (χ4n) is 3.06. The van der Waals surface area contributed by atoms with Crippen LogP contribution in [-0.2, 0) is 0 Å². The van der Waals surface area contributed by atoms with Crippen LogP contribution in [0.4, 0.5) is 27.6 Å². The molecule has 0 fully saturated rings. The van der Waals surface area contributed by atoms with E-state index in [0.717, 1.165) is 37.0 Å². The maximum Gasteiger partial charge on any atom is 0.200 e. The fraction of sp³-hybridized carbons (Fsp3) is 0.667. The Kier molecular flexibility index (Phi) is 7.97. The first-order valence-corrected chi connectivity index (χ1v) is 8.46. The van der Waals surface area contributed by atoms with Crippen LogP contribution in [0.5, 0.6) is 0 Å². The predicted octanol–water partition coefficient (Wildman–Crippen LogP) is 6.06. The molecule has 0 bridgehead atoms. The molecule has 0 radical (unpaired) electrons. The molecule has 0 heterocycles. The van der Waals surface area contributed by atoms with Crippen molar-refractivity contribution in [1.29, 1.82) is 0 Å². The summed E-state index contributed by atoms with van der Waals surface area (Å²) < 4.78 is 67.3. The molecule has 1 nitrogen and oxygen atoms in total. The zero-order valence-corrected chi connectivity index (χ0v) is 14.7. The highest BCUT2D eigenvalue weighted by molar-refractivity contribution is 5.49. The third-order valence-electron chi connectivity index (χ3n) is 4.50. The second-order valence-corrected chi connectivity index (χ2v) is 6.54. The first-order chi connectivity index (χ1) is 11.2. The van der Waals surface area contributed by atoms with Crippen LogP contribution in [0.1, 0.15) is 52.9 Å². The number of benzene rings is 1. The van der Waals surface area contributed by atoms with Crippen molar-refractivity contribution < 1.29 is 22.0 Å². The molecule has 0 aliphatic rings. The second kappa shape index (κ2) is 9.23. The molecule has 1 rings (SSSR count). The third kappa shape index (κ3) is 4.84. The van der Waals surface area contributed by atoms with E-state index in [1.54, 1.807) is 0 Å². The summed E-state index contributed by atoms with van der Waals surface area (Å²) in [5, 5.41) is 0. The minimum absolute atomic E-state index is 0.0795. The van der Waals surface area contributed by atoms with Gasteiger partial charge >= 0.3 is 0 Å². The molecule has 2 unspecified atom stereocenters. The van der Waals surface area contributed by atoms with Crippen LogP contribution < -0.4 is 4.90 Å². The van der Waals surface area contributed by atoms with Gasteiger partial charge in [-0.15, -0.1) is 0 Å². The van der Waals surface area contributed by atoms with Crippen LogP contribution >= 0.6 is 0 Å². The molecular formula is C18H26F5N. The Balaban J connectivity index is 2.80. The molecule has 24 heavy (non-hydrogen) atoms. The molecule has 1 aromatic rings. The van der Waals surface area contributed by atoms with E-state index >= 15 is 0 Å². The van der Waals surface area contributed by atoms with E-state index in [9.17, 15) is 22.0 Å². The average Bonchev–Trinajstić information content (AvgIpc) is 2.55. The van der Waals surface area contributed by atoms with Gasteiger partial charge in [0, 0.05) is 13.6 Å². The molecule has 0 aromatic heterocycles. The van der Waals surface area contributed by atoms with Gasteiger partial charge in [-0.3, -0.25) is 0 Å². The monoisotopic (exact) mass is 351 g/mol. The number of anilines is 1. The van der Waals surface area contributed by atoms with Crippen molar-refractivity contribution in [3.05, 3.63) is 29.1 Å². The van der Waals surface area contributed by atoms with Gasteiger partial charge in [-0.1, -0.05) is 46.5 Å². The highest BCUT2D eigenvalue weighted by atomic mass is 19.2. The minimum Gasteiger partial charge on any atom is -0.369 e. The van der Waals surface area contributed by atoms with Gasteiger partial charge in [0.05, 0.1) is 0 Å². The summed E-state index contributed by atoms with van der Waals surface area (Å²) in [6.07, 6.45) is 5.16. The van der Waals surface area contributed by atoms with E-state index in [1.807, 2.05) is 6.92 Å². The topological polar surface area (TPSA) is 3.24 Å². The van der Waals surface area contributed by atoms with Crippen LogP contribution in [0.15, 0.2) is 0 Å². The smallest absolute Gasteiger partial charge is 0.200 e. The molecular weight excluding hydrogens is 325 g/mol. The Morgan fingerprint density at radius 3 is 1.75 bits per heavy atom. The van der Waals surface area contributed by atoms with Gasteiger partial charge in [0.25, 0.3) is 0 Å². The van der Waals surface area contributed by atoms with E-state index < -0.39 is 34.8 Å². The lowest BCUT2D eigenvalue weighted by atomic mass is 9.91. The zero-order valence-electron chi connectivity index (χ0n) is 14.7. The summed E-state index contributed by atoms with van der Waals surface area (Å²) in [6, 6.07) is 0. The molecule has 138 valence electrons. The lowest BCUT2D eigenvalue weighted by Crippen LogP contribution is -2.27. The van der Waals surface area contributed by atoms with Crippen molar-refractivity contribution in [2.75, 3.05) is 18.5 Å². The van der Waals surface area contributed by atoms with Gasteiger partial charge in [-0.05, 0) is 18.3 Å². The Labute approximate surface area is 140 Å². The molecule has 0 N–H and O–H groups in total. The molecule has 6 heteroatoms. The van der Waals surface area contributed by atoms with E-state index in [0.29, 0.717) is 5.92 Å². The van der Waals surface area contributed by atoms with Crippen molar-refractivity contribution in [3.8, 4) is 0 Å². The molecule has 0 amide bonds. The summed E-state index contributed by atoms with van der Waals surface area (Å²) >= 11 is 0. The van der Waals surface area contributed by atoms with E-state index in [4.69, 9.17) is 0 Å². The van der Waals surface area contributed by atoms with Gasteiger partial charge in [0.2, 0.25) is 5.82 Å². The fourth-order valence-corrected chi connectivity index (χ4v) is 3.06. The van der Waals surface area contributed by atoms with E-state index in [-0.39, 0.29) is 12.5 Å². The quantitative estimate of drug-likeness (QED) is 0.297. The van der Waals surface area contributed by atoms with Crippen molar-refractivity contribution in [1.82, 2.24) is 0 Å². The maximum absolute atomic E-state index is 13.8. The minimum atomic E-state index is -2.12. The number of halogens is 5. The highest BCUT2D eigenvalue weighted by Crippen LogP contribution is 2.30.